The zero-order valence-electron chi connectivity index (χ0n) is 19.4. The van der Waals surface area contributed by atoms with Gasteiger partial charge in [0.2, 0.25) is 11.8 Å². The van der Waals surface area contributed by atoms with E-state index in [4.69, 9.17) is 19.9 Å². The number of nitrogens with one attached hydrogen (secondary N) is 2. The first kappa shape index (κ1) is 22.7. The van der Waals surface area contributed by atoms with Crippen molar-refractivity contribution in [3.63, 3.8) is 0 Å². The van der Waals surface area contributed by atoms with Crippen molar-refractivity contribution in [2.45, 2.75) is 26.7 Å². The molecule has 4 rings (SSSR count). The van der Waals surface area contributed by atoms with E-state index < -0.39 is 5.92 Å². The third kappa shape index (κ3) is 4.26. The molecule has 3 aromatic rings. The number of nitrogens with zero attached hydrogens (tertiary/aromatic N) is 2. The lowest BCUT2D eigenvalue weighted by atomic mass is 9.84. The smallest absolute Gasteiger partial charge is 0.262 e. The van der Waals surface area contributed by atoms with E-state index >= 15 is 0 Å². The lowest BCUT2D eigenvalue weighted by molar-refractivity contribution is -0.118. The monoisotopic (exact) mass is 459 g/mol. The topological polar surface area (TPSA) is 135 Å². The van der Waals surface area contributed by atoms with Crippen LogP contribution in [-0.4, -0.2) is 29.8 Å². The number of H-pyrrole nitrogens is 1. The molecule has 1 amide bonds. The summed E-state index contributed by atoms with van der Waals surface area (Å²) in [5, 5.41) is 19.6. The fourth-order valence-electron chi connectivity index (χ4n) is 3.92. The Morgan fingerprint density at radius 2 is 2.03 bits per heavy atom. The summed E-state index contributed by atoms with van der Waals surface area (Å²) in [5.41, 5.74) is 11.3. The second kappa shape index (κ2) is 9.19. The Morgan fingerprint density at radius 3 is 2.76 bits per heavy atom. The van der Waals surface area contributed by atoms with E-state index in [0.29, 0.717) is 17.4 Å². The first-order valence-corrected chi connectivity index (χ1v) is 10.6. The summed E-state index contributed by atoms with van der Waals surface area (Å²) in [7, 11) is 1.51. The van der Waals surface area contributed by atoms with Gasteiger partial charge in [-0.15, -0.1) is 5.10 Å². The van der Waals surface area contributed by atoms with Gasteiger partial charge in [-0.1, -0.05) is 18.2 Å². The number of nitriles is 1. The molecule has 9 heteroatoms. The number of aromatic nitrogens is 2. The van der Waals surface area contributed by atoms with Crippen LogP contribution in [0.5, 0.6) is 17.4 Å². The summed E-state index contributed by atoms with van der Waals surface area (Å²) in [6.45, 7) is 5.55. The number of hydrogen-bond acceptors (Lipinski definition) is 7. The molecule has 1 aliphatic heterocycles. The first-order valence-electron chi connectivity index (χ1n) is 10.6. The van der Waals surface area contributed by atoms with Crippen molar-refractivity contribution < 1.29 is 19.0 Å². The van der Waals surface area contributed by atoms with Crippen LogP contribution in [0.3, 0.4) is 0 Å². The maximum absolute atomic E-state index is 12.5. The third-order valence-electron chi connectivity index (χ3n) is 5.68. The van der Waals surface area contributed by atoms with Gasteiger partial charge in [-0.25, -0.2) is 0 Å². The molecule has 0 saturated carbocycles. The molecule has 0 saturated heterocycles. The maximum atomic E-state index is 12.5. The first-order chi connectivity index (χ1) is 16.3. The van der Waals surface area contributed by atoms with Crippen LogP contribution in [0.1, 0.15) is 33.9 Å². The molecule has 4 N–H and O–H groups in total. The molecule has 1 unspecified atom stereocenters. The molecule has 1 aliphatic rings. The molecule has 9 nitrogen and oxygen atoms in total. The minimum Gasteiger partial charge on any atom is -0.493 e. The maximum Gasteiger partial charge on any atom is 0.262 e. The van der Waals surface area contributed by atoms with Gasteiger partial charge in [0.25, 0.3) is 5.91 Å². The molecule has 0 radical (unpaired) electrons. The number of allylic oxidation sites excluding steroid dienone is 1. The quantitative estimate of drug-likeness (QED) is 0.513. The second-order valence-corrected chi connectivity index (χ2v) is 8.06. The van der Waals surface area contributed by atoms with Gasteiger partial charge in [-0.3, -0.25) is 9.89 Å². The zero-order valence-corrected chi connectivity index (χ0v) is 19.4. The van der Waals surface area contributed by atoms with Crippen LogP contribution in [0.4, 0.5) is 5.69 Å². The molecule has 2 aromatic carbocycles. The van der Waals surface area contributed by atoms with Crippen LogP contribution in [0.2, 0.25) is 0 Å². The summed E-state index contributed by atoms with van der Waals surface area (Å²) in [4.78, 5) is 12.5. The van der Waals surface area contributed by atoms with Crippen molar-refractivity contribution in [2.24, 2.45) is 5.73 Å². The highest BCUT2D eigenvalue weighted by atomic mass is 16.5. The van der Waals surface area contributed by atoms with Crippen LogP contribution in [0, 0.1) is 32.1 Å². The average molecular weight is 460 g/mol. The van der Waals surface area contributed by atoms with Crippen molar-refractivity contribution in [1.29, 1.82) is 5.26 Å². The minimum atomic E-state index is -0.483. The van der Waals surface area contributed by atoms with E-state index in [1.54, 1.807) is 18.2 Å². The number of anilines is 1. The fourth-order valence-corrected chi connectivity index (χ4v) is 3.92. The van der Waals surface area contributed by atoms with Crippen LogP contribution in [-0.2, 0) is 4.79 Å². The van der Waals surface area contributed by atoms with Gasteiger partial charge < -0.3 is 25.3 Å². The number of carbonyl (C=O) groups is 1. The fraction of sp³-hybridized carbons (Fsp3) is 0.240. The number of fused-ring (bicyclic) bond motifs is 1. The molecule has 0 fully saturated rings. The SMILES string of the molecule is COc1cc(C2C(C#N)=C(N)Oc3n[nH]c(C)c32)ccc1OCC(=O)Nc1cc(C)ccc1C. The average Bonchev–Trinajstić information content (AvgIpc) is 3.18. The number of hydrogen-bond donors (Lipinski definition) is 3. The highest BCUT2D eigenvalue weighted by Crippen LogP contribution is 2.44. The van der Waals surface area contributed by atoms with Crippen molar-refractivity contribution >= 4 is 11.6 Å². The minimum absolute atomic E-state index is 0.00825. The predicted octanol–water partition coefficient (Wildman–Crippen LogP) is 3.58. The van der Waals surface area contributed by atoms with E-state index in [9.17, 15) is 10.1 Å². The van der Waals surface area contributed by atoms with Gasteiger partial charge in [0, 0.05) is 16.9 Å². The Bertz CT molecular complexity index is 1340. The van der Waals surface area contributed by atoms with Gasteiger partial charge in [0.15, 0.2) is 18.1 Å². The van der Waals surface area contributed by atoms with Gasteiger partial charge in [-0.2, -0.15) is 5.26 Å². The third-order valence-corrected chi connectivity index (χ3v) is 5.68. The molecule has 174 valence electrons. The molecule has 0 bridgehead atoms. The van der Waals surface area contributed by atoms with E-state index in [-0.39, 0.29) is 24.0 Å². The van der Waals surface area contributed by atoms with Crippen molar-refractivity contribution in [3.05, 3.63) is 75.8 Å². The summed E-state index contributed by atoms with van der Waals surface area (Å²) in [6.07, 6.45) is 0. The lowest BCUT2D eigenvalue weighted by Crippen LogP contribution is -2.21. The van der Waals surface area contributed by atoms with Crippen LogP contribution in [0.15, 0.2) is 47.9 Å². The van der Waals surface area contributed by atoms with Crippen molar-refractivity contribution in [3.8, 4) is 23.4 Å². The van der Waals surface area contributed by atoms with Crippen molar-refractivity contribution in [2.75, 3.05) is 19.0 Å². The van der Waals surface area contributed by atoms with Gasteiger partial charge >= 0.3 is 0 Å². The molecular formula is C25H25N5O4. The Kier molecular flexibility index (Phi) is 6.15. The number of amides is 1. The Balaban J connectivity index is 1.57. The predicted molar refractivity (Wildman–Crippen MR) is 126 cm³/mol. The standard InChI is InChI=1S/C25H25N5O4/c1-13-5-6-14(2)18(9-13)28-21(31)12-33-19-8-7-16(10-20(19)32-4)23-17(11-26)24(27)34-25-22(23)15(3)29-30-25/h5-10,23H,12,27H2,1-4H3,(H,28,31)(H,29,30). The van der Waals surface area contributed by atoms with Gasteiger partial charge in [-0.05, 0) is 55.7 Å². The Hall–Kier alpha value is -4.45. The zero-order chi connectivity index (χ0) is 24.4. The molecule has 1 aromatic heterocycles. The number of methoxy groups -OCH3 is 1. The number of ether oxygens (including phenoxy) is 3. The Morgan fingerprint density at radius 1 is 1.24 bits per heavy atom. The van der Waals surface area contributed by atoms with E-state index in [2.05, 4.69) is 21.6 Å². The number of aryl methyl sites for hydroxylation is 3. The summed E-state index contributed by atoms with van der Waals surface area (Å²) >= 11 is 0. The number of aromatic amines is 1. The molecule has 34 heavy (non-hydrogen) atoms. The molecule has 0 spiro atoms. The highest BCUT2D eigenvalue weighted by molar-refractivity contribution is 5.92. The van der Waals surface area contributed by atoms with Crippen molar-refractivity contribution in [1.82, 2.24) is 10.2 Å². The highest BCUT2D eigenvalue weighted by Gasteiger charge is 2.34. The van der Waals surface area contributed by atoms with E-state index in [1.165, 1.54) is 7.11 Å². The van der Waals surface area contributed by atoms with Crippen LogP contribution in [0.25, 0.3) is 0 Å². The van der Waals surface area contributed by atoms with E-state index in [0.717, 1.165) is 33.6 Å². The summed E-state index contributed by atoms with van der Waals surface area (Å²) in [6, 6.07) is 13.3. The van der Waals surface area contributed by atoms with Gasteiger partial charge in [0.1, 0.15) is 11.6 Å². The van der Waals surface area contributed by atoms with Gasteiger partial charge in [0.05, 0.1) is 13.0 Å². The largest absolute Gasteiger partial charge is 0.493 e. The molecule has 2 heterocycles. The summed E-state index contributed by atoms with van der Waals surface area (Å²) < 4.78 is 16.8. The number of rotatable bonds is 6. The molecule has 1 atom stereocenters. The molecule has 0 aliphatic carbocycles. The second-order valence-electron chi connectivity index (χ2n) is 8.06. The van der Waals surface area contributed by atoms with Crippen LogP contribution < -0.4 is 25.3 Å². The lowest BCUT2D eigenvalue weighted by Gasteiger charge is -2.24. The summed E-state index contributed by atoms with van der Waals surface area (Å²) in [5.74, 6) is 0.389. The number of nitrogens with two attached hydrogens (primary N) is 1. The normalized spacial score (nSPS) is 14.6. The number of benzene rings is 2. The van der Waals surface area contributed by atoms with E-state index in [1.807, 2.05) is 39.0 Å². The number of carbonyl (C=O) groups excluding carboxylic acids is 1. The molecular weight excluding hydrogens is 434 g/mol. The Labute approximate surface area is 197 Å². The van der Waals surface area contributed by atoms with Crippen LogP contribution >= 0.6 is 0 Å².